The van der Waals surface area contributed by atoms with E-state index in [0.717, 1.165) is 49.4 Å². The van der Waals surface area contributed by atoms with E-state index in [2.05, 4.69) is 15.6 Å². The number of Topliss-reactive ketones (excluding diaryl/α,β-unsaturated/α-hetero) is 1. The first-order chi connectivity index (χ1) is 19.8. The number of aromatic amines is 1. The lowest BCUT2D eigenvalue weighted by atomic mass is 9.78. The highest BCUT2D eigenvalue weighted by Crippen LogP contribution is 2.41. The average molecular weight is 564 g/mol. The third-order valence-electron chi connectivity index (χ3n) is 9.09. The van der Waals surface area contributed by atoms with Gasteiger partial charge in [-0.3, -0.25) is 24.0 Å². The number of likely N-dealkylation sites (tertiary alicyclic amines) is 2. The molecule has 2 aliphatic carbocycles. The Morgan fingerprint density at radius 2 is 1.90 bits per heavy atom. The van der Waals surface area contributed by atoms with Crippen molar-refractivity contribution in [3.8, 4) is 5.75 Å². The highest BCUT2D eigenvalue weighted by Gasteiger charge is 2.49. The number of methoxy groups -OCH3 is 1. The lowest BCUT2D eigenvalue weighted by Crippen LogP contribution is -2.58. The first kappa shape index (κ1) is 27.3. The monoisotopic (exact) mass is 563 g/mol. The van der Waals surface area contributed by atoms with Crippen LogP contribution < -0.4 is 15.4 Å². The Hall–Kier alpha value is -3.89. The first-order valence-corrected chi connectivity index (χ1v) is 14.7. The molecule has 0 bridgehead atoms. The van der Waals surface area contributed by atoms with Crippen LogP contribution in [0.1, 0.15) is 61.9 Å². The van der Waals surface area contributed by atoms with Crippen molar-refractivity contribution >= 4 is 40.3 Å². The van der Waals surface area contributed by atoms with Crippen LogP contribution in [0.3, 0.4) is 0 Å². The van der Waals surface area contributed by atoms with Gasteiger partial charge in [0.2, 0.25) is 17.6 Å². The maximum Gasteiger partial charge on any atom is 0.289 e. The second-order valence-electron chi connectivity index (χ2n) is 11.8. The van der Waals surface area contributed by atoms with Gasteiger partial charge in [0.25, 0.3) is 11.8 Å². The normalized spacial score (nSPS) is 24.7. The number of nitrogens with zero attached hydrogens (tertiary/aromatic N) is 2. The van der Waals surface area contributed by atoms with E-state index in [-0.39, 0.29) is 36.2 Å². The maximum atomic E-state index is 14.0. The molecule has 2 saturated heterocycles. The summed E-state index contributed by atoms with van der Waals surface area (Å²) in [6, 6.07) is 5.31. The quantitative estimate of drug-likeness (QED) is 0.397. The lowest BCUT2D eigenvalue weighted by Gasteiger charge is -2.31. The van der Waals surface area contributed by atoms with Gasteiger partial charge in [-0.2, -0.15) is 0 Å². The maximum absolute atomic E-state index is 14.0. The van der Waals surface area contributed by atoms with Gasteiger partial charge in [-0.05, 0) is 62.1 Å². The molecule has 4 amide bonds. The van der Waals surface area contributed by atoms with Crippen LogP contribution in [0.15, 0.2) is 24.3 Å². The second-order valence-corrected chi connectivity index (χ2v) is 11.8. The molecular formula is C30H37N5O6. The van der Waals surface area contributed by atoms with Gasteiger partial charge in [0.1, 0.15) is 23.5 Å². The van der Waals surface area contributed by atoms with Crippen LogP contribution in [-0.4, -0.2) is 89.1 Å². The van der Waals surface area contributed by atoms with Gasteiger partial charge in [-0.15, -0.1) is 0 Å². The Bertz CT molecular complexity index is 1380. The van der Waals surface area contributed by atoms with Gasteiger partial charge in [-0.25, -0.2) is 0 Å². The van der Waals surface area contributed by atoms with Crippen LogP contribution in [0, 0.1) is 11.8 Å². The summed E-state index contributed by atoms with van der Waals surface area (Å²) in [5, 5.41) is 6.31. The summed E-state index contributed by atoms with van der Waals surface area (Å²) in [5.41, 5.74) is 1.12. The molecule has 0 spiro atoms. The van der Waals surface area contributed by atoms with E-state index < -0.39 is 29.7 Å². The van der Waals surface area contributed by atoms with Crippen molar-refractivity contribution in [1.29, 1.82) is 0 Å². The number of H-pyrrole nitrogens is 1. The van der Waals surface area contributed by atoms with E-state index in [1.165, 1.54) is 4.90 Å². The summed E-state index contributed by atoms with van der Waals surface area (Å²) in [6.45, 7) is 0.864. The molecule has 11 heteroatoms. The number of carbonyl (C=O) groups excluding carboxylic acids is 5. The summed E-state index contributed by atoms with van der Waals surface area (Å²) in [6.07, 6.45) is 6.43. The predicted molar refractivity (Wildman–Crippen MR) is 149 cm³/mol. The molecule has 4 atom stereocenters. The van der Waals surface area contributed by atoms with Crippen molar-refractivity contribution in [3.63, 3.8) is 0 Å². The molecule has 2 aliphatic heterocycles. The van der Waals surface area contributed by atoms with Gasteiger partial charge in [0, 0.05) is 43.0 Å². The number of aromatic nitrogens is 1. The SMILES string of the molecule is COc1cccc2[nH]c(C(=O)N3C[C@@H]4CCCC[C@@H]4[C@H]3C(=O)NC(CN3CCCC3=O)C(=O)C(=O)NC3CC3)cc12. The number of fused-ring (bicyclic) bond motifs is 2. The molecule has 1 aromatic carbocycles. The third-order valence-corrected chi connectivity index (χ3v) is 9.09. The number of hydrogen-bond donors (Lipinski definition) is 3. The molecule has 1 aromatic heterocycles. The molecule has 1 unspecified atom stereocenters. The summed E-state index contributed by atoms with van der Waals surface area (Å²) in [7, 11) is 1.58. The fourth-order valence-electron chi connectivity index (χ4n) is 6.81. The Kier molecular flexibility index (Phi) is 7.44. The Labute approximate surface area is 238 Å². The molecule has 6 rings (SSSR count). The van der Waals surface area contributed by atoms with Crippen molar-refractivity contribution < 1.29 is 28.7 Å². The zero-order valence-corrected chi connectivity index (χ0v) is 23.3. The van der Waals surface area contributed by atoms with E-state index in [0.29, 0.717) is 37.4 Å². The number of rotatable bonds is 9. The molecule has 4 fully saturated rings. The first-order valence-electron chi connectivity index (χ1n) is 14.7. The van der Waals surface area contributed by atoms with Crippen molar-refractivity contribution in [1.82, 2.24) is 25.4 Å². The number of hydrogen-bond acceptors (Lipinski definition) is 6. The van der Waals surface area contributed by atoms with Crippen LogP contribution in [-0.2, 0) is 19.2 Å². The summed E-state index contributed by atoms with van der Waals surface area (Å²) in [5.74, 6) is -1.57. The van der Waals surface area contributed by atoms with E-state index in [1.807, 2.05) is 18.2 Å². The van der Waals surface area contributed by atoms with Crippen molar-refractivity contribution in [2.24, 2.45) is 11.8 Å². The van der Waals surface area contributed by atoms with E-state index in [9.17, 15) is 24.0 Å². The minimum atomic E-state index is -1.18. The van der Waals surface area contributed by atoms with E-state index >= 15 is 0 Å². The van der Waals surface area contributed by atoms with Gasteiger partial charge in [0.15, 0.2) is 0 Å². The fourth-order valence-corrected chi connectivity index (χ4v) is 6.81. The molecule has 218 valence electrons. The number of ether oxygens (including phenoxy) is 1. The topological polar surface area (TPSA) is 141 Å². The number of nitrogens with one attached hydrogen (secondary N) is 3. The standard InChI is InChI=1S/C30H37N5O6/c1-41-24-9-4-8-21-20(24)14-22(32-21)30(40)35-15-17-6-2-3-7-19(17)26(35)28(38)33-23(16-34-13-5-10-25(34)36)27(37)29(39)31-18-11-12-18/h4,8-9,14,17-19,23,26,32H,2-3,5-7,10-13,15-16H2,1H3,(H,31,39)(H,33,38)/t17-,19-,23?,26-/m0/s1. The molecule has 2 saturated carbocycles. The van der Waals surface area contributed by atoms with E-state index in [1.54, 1.807) is 18.1 Å². The van der Waals surface area contributed by atoms with Crippen LogP contribution in [0.4, 0.5) is 0 Å². The van der Waals surface area contributed by atoms with E-state index in [4.69, 9.17) is 4.74 Å². The minimum Gasteiger partial charge on any atom is -0.496 e. The smallest absolute Gasteiger partial charge is 0.289 e. The van der Waals surface area contributed by atoms with Crippen LogP contribution in [0.5, 0.6) is 5.75 Å². The average Bonchev–Trinajstić information content (AvgIpc) is 3.35. The zero-order chi connectivity index (χ0) is 28.7. The largest absolute Gasteiger partial charge is 0.496 e. The molecule has 41 heavy (non-hydrogen) atoms. The minimum absolute atomic E-state index is 0.0166. The van der Waals surface area contributed by atoms with Crippen LogP contribution in [0.25, 0.3) is 10.9 Å². The third kappa shape index (κ3) is 5.41. The summed E-state index contributed by atoms with van der Waals surface area (Å²) >= 11 is 0. The molecule has 11 nitrogen and oxygen atoms in total. The Balaban J connectivity index is 1.26. The van der Waals surface area contributed by atoms with Crippen molar-refractivity contribution in [2.45, 2.75) is 69.5 Å². The number of benzene rings is 1. The Morgan fingerprint density at radius 3 is 2.63 bits per heavy atom. The van der Waals surface area contributed by atoms with Crippen molar-refractivity contribution in [3.05, 3.63) is 30.0 Å². The molecular weight excluding hydrogens is 526 g/mol. The van der Waals surface area contributed by atoms with Crippen molar-refractivity contribution in [2.75, 3.05) is 26.7 Å². The number of ketones is 1. The molecule has 4 aliphatic rings. The Morgan fingerprint density at radius 1 is 1.10 bits per heavy atom. The number of amides is 4. The molecule has 3 heterocycles. The molecule has 2 aromatic rings. The summed E-state index contributed by atoms with van der Waals surface area (Å²) < 4.78 is 5.46. The van der Waals surface area contributed by atoms with Crippen LogP contribution in [0.2, 0.25) is 0 Å². The molecule has 3 N–H and O–H groups in total. The number of carbonyl (C=O) groups is 5. The van der Waals surface area contributed by atoms with Crippen LogP contribution >= 0.6 is 0 Å². The molecule has 0 radical (unpaired) electrons. The zero-order valence-electron chi connectivity index (χ0n) is 23.3. The summed E-state index contributed by atoms with van der Waals surface area (Å²) in [4.78, 5) is 72.7. The second kappa shape index (κ2) is 11.2. The predicted octanol–water partition coefficient (Wildman–Crippen LogP) is 1.76. The highest BCUT2D eigenvalue weighted by atomic mass is 16.5. The van der Waals surface area contributed by atoms with Gasteiger partial charge in [0.05, 0.1) is 7.11 Å². The highest BCUT2D eigenvalue weighted by molar-refractivity contribution is 6.38. The van der Waals surface area contributed by atoms with Gasteiger partial charge in [-0.1, -0.05) is 18.9 Å². The fraction of sp³-hybridized carbons (Fsp3) is 0.567. The lowest BCUT2D eigenvalue weighted by molar-refractivity contribution is -0.141. The van der Waals surface area contributed by atoms with Gasteiger partial charge < -0.3 is 30.2 Å². The van der Waals surface area contributed by atoms with Gasteiger partial charge >= 0.3 is 0 Å².